The maximum atomic E-state index is 12.6. The van der Waals surface area contributed by atoms with Crippen LogP contribution in [0.25, 0.3) is 0 Å². The second-order valence-corrected chi connectivity index (χ2v) is 5.84. The number of nitrogens with zero attached hydrogens (tertiary/aromatic N) is 2. The van der Waals surface area contributed by atoms with Crippen molar-refractivity contribution in [2.24, 2.45) is 11.7 Å². The SMILES string of the molecule is NCCC1CCN(C(=O)c2cccn2C2CC2)CC1. The number of amides is 1. The van der Waals surface area contributed by atoms with E-state index >= 15 is 0 Å². The summed E-state index contributed by atoms with van der Waals surface area (Å²) in [7, 11) is 0. The Bertz CT molecular complexity index is 442. The average Bonchev–Trinajstić information content (AvgIpc) is 3.17. The minimum Gasteiger partial charge on any atom is -0.340 e. The van der Waals surface area contributed by atoms with E-state index in [4.69, 9.17) is 5.73 Å². The summed E-state index contributed by atoms with van der Waals surface area (Å²) in [6.45, 7) is 2.54. The first-order valence-corrected chi connectivity index (χ1v) is 7.46. The smallest absolute Gasteiger partial charge is 0.270 e. The Kier molecular flexibility index (Phi) is 3.60. The predicted molar refractivity (Wildman–Crippen MR) is 75.0 cm³/mol. The van der Waals surface area contributed by atoms with Crippen LogP contribution in [0.4, 0.5) is 0 Å². The maximum absolute atomic E-state index is 12.6. The van der Waals surface area contributed by atoms with Crippen LogP contribution in [0.3, 0.4) is 0 Å². The first kappa shape index (κ1) is 12.7. The highest BCUT2D eigenvalue weighted by Gasteiger charge is 2.29. The molecule has 1 aromatic rings. The summed E-state index contributed by atoms with van der Waals surface area (Å²) < 4.78 is 2.16. The molecule has 0 unspecified atom stereocenters. The molecular formula is C15H23N3O. The van der Waals surface area contributed by atoms with Gasteiger partial charge >= 0.3 is 0 Å². The topological polar surface area (TPSA) is 51.3 Å². The maximum Gasteiger partial charge on any atom is 0.270 e. The van der Waals surface area contributed by atoms with Gasteiger partial charge in [-0.15, -0.1) is 0 Å². The summed E-state index contributed by atoms with van der Waals surface area (Å²) in [5.41, 5.74) is 6.48. The largest absolute Gasteiger partial charge is 0.340 e. The van der Waals surface area contributed by atoms with Gasteiger partial charge in [-0.25, -0.2) is 0 Å². The number of nitrogens with two attached hydrogens (primary N) is 1. The molecule has 19 heavy (non-hydrogen) atoms. The molecule has 1 saturated heterocycles. The van der Waals surface area contributed by atoms with Gasteiger partial charge < -0.3 is 15.2 Å². The Morgan fingerprint density at radius 3 is 2.63 bits per heavy atom. The van der Waals surface area contributed by atoms with Crippen molar-refractivity contribution in [3.8, 4) is 0 Å². The molecule has 1 aliphatic heterocycles. The number of carbonyl (C=O) groups is 1. The van der Waals surface area contributed by atoms with E-state index in [1.807, 2.05) is 23.2 Å². The molecule has 0 atom stereocenters. The summed E-state index contributed by atoms with van der Waals surface area (Å²) in [5, 5.41) is 0. The van der Waals surface area contributed by atoms with Crippen molar-refractivity contribution in [2.45, 2.75) is 38.1 Å². The number of hydrogen-bond donors (Lipinski definition) is 1. The molecule has 0 spiro atoms. The van der Waals surface area contributed by atoms with Crippen molar-refractivity contribution in [1.29, 1.82) is 0 Å². The van der Waals surface area contributed by atoms with Gasteiger partial charge in [0.25, 0.3) is 5.91 Å². The molecule has 2 heterocycles. The van der Waals surface area contributed by atoms with Gasteiger partial charge in [-0.2, -0.15) is 0 Å². The van der Waals surface area contributed by atoms with Gasteiger partial charge in [0.2, 0.25) is 0 Å². The lowest BCUT2D eigenvalue weighted by Crippen LogP contribution is -2.39. The molecule has 2 N–H and O–H groups in total. The molecule has 0 bridgehead atoms. The van der Waals surface area contributed by atoms with Gasteiger partial charge in [-0.1, -0.05) is 0 Å². The lowest BCUT2D eigenvalue weighted by molar-refractivity contribution is 0.0677. The molecule has 4 nitrogen and oxygen atoms in total. The zero-order chi connectivity index (χ0) is 13.2. The Hall–Kier alpha value is -1.29. The fraction of sp³-hybridized carbons (Fsp3) is 0.667. The minimum atomic E-state index is 0.211. The van der Waals surface area contributed by atoms with Crippen molar-refractivity contribution < 1.29 is 4.79 Å². The predicted octanol–water partition coefficient (Wildman–Crippen LogP) is 2.02. The van der Waals surface area contributed by atoms with Crippen molar-refractivity contribution in [2.75, 3.05) is 19.6 Å². The van der Waals surface area contributed by atoms with Crippen LogP contribution in [0, 0.1) is 5.92 Å². The second-order valence-electron chi connectivity index (χ2n) is 5.84. The zero-order valence-electron chi connectivity index (χ0n) is 11.4. The quantitative estimate of drug-likeness (QED) is 0.901. The van der Waals surface area contributed by atoms with Crippen LogP contribution in [-0.2, 0) is 0 Å². The molecule has 104 valence electrons. The lowest BCUT2D eigenvalue weighted by Gasteiger charge is -2.32. The molecule has 1 aliphatic carbocycles. The van der Waals surface area contributed by atoms with Crippen LogP contribution >= 0.6 is 0 Å². The van der Waals surface area contributed by atoms with Gasteiger partial charge in [0, 0.05) is 25.3 Å². The second kappa shape index (κ2) is 5.37. The van der Waals surface area contributed by atoms with E-state index in [-0.39, 0.29) is 5.91 Å². The number of aromatic nitrogens is 1. The van der Waals surface area contributed by atoms with E-state index < -0.39 is 0 Å². The van der Waals surface area contributed by atoms with Crippen molar-refractivity contribution in [3.05, 3.63) is 24.0 Å². The Labute approximate surface area is 114 Å². The van der Waals surface area contributed by atoms with Gasteiger partial charge in [0.1, 0.15) is 5.69 Å². The van der Waals surface area contributed by atoms with Crippen molar-refractivity contribution in [3.63, 3.8) is 0 Å². The van der Waals surface area contributed by atoms with Gasteiger partial charge in [0.15, 0.2) is 0 Å². The number of piperidine rings is 1. The van der Waals surface area contributed by atoms with Crippen LogP contribution in [-0.4, -0.2) is 35.0 Å². The highest BCUT2D eigenvalue weighted by molar-refractivity contribution is 5.93. The van der Waals surface area contributed by atoms with Gasteiger partial charge in [-0.05, 0) is 56.7 Å². The van der Waals surface area contributed by atoms with E-state index in [1.165, 1.54) is 12.8 Å². The Balaban J connectivity index is 1.63. The monoisotopic (exact) mass is 261 g/mol. The van der Waals surface area contributed by atoms with Crippen LogP contribution in [0.1, 0.15) is 48.6 Å². The van der Waals surface area contributed by atoms with E-state index in [9.17, 15) is 4.79 Å². The fourth-order valence-electron chi connectivity index (χ4n) is 3.07. The molecule has 2 fully saturated rings. The van der Waals surface area contributed by atoms with E-state index in [1.54, 1.807) is 0 Å². The number of hydrogen-bond acceptors (Lipinski definition) is 2. The highest BCUT2D eigenvalue weighted by atomic mass is 16.2. The Morgan fingerprint density at radius 2 is 2.00 bits per heavy atom. The number of rotatable bonds is 4. The first-order chi connectivity index (χ1) is 9.29. The third-order valence-corrected chi connectivity index (χ3v) is 4.41. The molecule has 1 saturated carbocycles. The van der Waals surface area contributed by atoms with Crippen molar-refractivity contribution >= 4 is 5.91 Å². The van der Waals surface area contributed by atoms with E-state index in [0.29, 0.717) is 12.0 Å². The fourth-order valence-corrected chi connectivity index (χ4v) is 3.07. The molecule has 3 rings (SSSR count). The van der Waals surface area contributed by atoms with Crippen LogP contribution < -0.4 is 5.73 Å². The standard InChI is InChI=1S/C15H23N3O/c16-8-5-12-6-10-17(11-7-12)15(19)14-2-1-9-18(14)13-3-4-13/h1-2,9,12-13H,3-8,10-11,16H2. The summed E-state index contributed by atoms with van der Waals surface area (Å²) >= 11 is 0. The van der Waals surface area contributed by atoms with Crippen LogP contribution in [0.2, 0.25) is 0 Å². The Morgan fingerprint density at radius 1 is 1.26 bits per heavy atom. The molecule has 1 aromatic heterocycles. The third-order valence-electron chi connectivity index (χ3n) is 4.41. The summed E-state index contributed by atoms with van der Waals surface area (Å²) in [4.78, 5) is 14.6. The first-order valence-electron chi connectivity index (χ1n) is 7.46. The molecule has 0 radical (unpaired) electrons. The highest BCUT2D eigenvalue weighted by Crippen LogP contribution is 2.36. The van der Waals surface area contributed by atoms with Gasteiger partial charge in [-0.3, -0.25) is 4.79 Å². The van der Waals surface area contributed by atoms with E-state index in [2.05, 4.69) is 4.57 Å². The zero-order valence-corrected chi connectivity index (χ0v) is 11.4. The summed E-state index contributed by atoms with van der Waals surface area (Å²) in [6, 6.07) is 4.53. The summed E-state index contributed by atoms with van der Waals surface area (Å²) in [6.07, 6.45) is 7.79. The molecule has 1 amide bonds. The molecule has 0 aromatic carbocycles. The molecule has 2 aliphatic rings. The average molecular weight is 261 g/mol. The third kappa shape index (κ3) is 2.68. The normalized spacial score (nSPS) is 20.8. The molecule has 4 heteroatoms. The lowest BCUT2D eigenvalue weighted by atomic mass is 9.93. The van der Waals surface area contributed by atoms with Gasteiger partial charge in [0.05, 0.1) is 0 Å². The summed E-state index contributed by atoms with van der Waals surface area (Å²) in [5.74, 6) is 0.923. The van der Waals surface area contributed by atoms with Crippen LogP contribution in [0.5, 0.6) is 0 Å². The number of likely N-dealkylation sites (tertiary alicyclic amines) is 1. The molecular weight excluding hydrogens is 238 g/mol. The van der Waals surface area contributed by atoms with Crippen molar-refractivity contribution in [1.82, 2.24) is 9.47 Å². The minimum absolute atomic E-state index is 0.211. The van der Waals surface area contributed by atoms with Crippen LogP contribution in [0.15, 0.2) is 18.3 Å². The number of carbonyl (C=O) groups excluding carboxylic acids is 1. The van der Waals surface area contributed by atoms with E-state index in [0.717, 1.165) is 44.6 Å².